The van der Waals surface area contributed by atoms with Crippen LogP contribution in [-0.4, -0.2) is 43.7 Å². The van der Waals surface area contributed by atoms with E-state index in [9.17, 15) is 0 Å². The average Bonchev–Trinajstić information content (AvgIpc) is 3.17. The highest BCUT2D eigenvalue weighted by molar-refractivity contribution is 9.10. The van der Waals surface area contributed by atoms with Gasteiger partial charge in [0.2, 0.25) is 0 Å². The third-order valence-corrected chi connectivity index (χ3v) is 4.32. The van der Waals surface area contributed by atoms with Gasteiger partial charge in [-0.2, -0.15) is 0 Å². The normalized spacial score (nSPS) is 20.3. The van der Waals surface area contributed by atoms with Crippen LogP contribution in [0.5, 0.6) is 5.75 Å². The van der Waals surface area contributed by atoms with Crippen molar-refractivity contribution in [2.75, 3.05) is 32.8 Å². The van der Waals surface area contributed by atoms with Crippen molar-refractivity contribution in [1.29, 1.82) is 0 Å². The van der Waals surface area contributed by atoms with Crippen molar-refractivity contribution in [3.8, 4) is 5.75 Å². The SMILES string of the molecule is Brc1ccc(OCCN2CC(CNC3CC3)C2)cc1. The molecule has 0 aromatic heterocycles. The van der Waals surface area contributed by atoms with Gasteiger partial charge in [0.1, 0.15) is 12.4 Å². The van der Waals surface area contributed by atoms with Crippen molar-refractivity contribution in [3.05, 3.63) is 28.7 Å². The Bertz CT molecular complexity index is 399. The lowest BCUT2D eigenvalue weighted by Crippen LogP contribution is -2.52. The van der Waals surface area contributed by atoms with Crippen molar-refractivity contribution in [1.82, 2.24) is 10.2 Å². The summed E-state index contributed by atoms with van der Waals surface area (Å²) in [5.74, 6) is 1.81. The van der Waals surface area contributed by atoms with Crippen LogP contribution in [0.25, 0.3) is 0 Å². The van der Waals surface area contributed by atoms with E-state index in [1.165, 1.54) is 32.5 Å². The quantitative estimate of drug-likeness (QED) is 0.834. The van der Waals surface area contributed by atoms with Gasteiger partial charge in [0.15, 0.2) is 0 Å². The van der Waals surface area contributed by atoms with Gasteiger partial charge in [0.05, 0.1) is 0 Å². The molecule has 1 saturated carbocycles. The van der Waals surface area contributed by atoms with Gasteiger partial charge >= 0.3 is 0 Å². The molecule has 0 radical (unpaired) electrons. The predicted molar refractivity (Wildman–Crippen MR) is 80.6 cm³/mol. The molecule has 1 aliphatic heterocycles. The van der Waals surface area contributed by atoms with E-state index in [4.69, 9.17) is 4.74 Å². The van der Waals surface area contributed by atoms with Crippen molar-refractivity contribution in [2.45, 2.75) is 18.9 Å². The lowest BCUT2D eigenvalue weighted by atomic mass is 10.0. The van der Waals surface area contributed by atoms with Crippen LogP contribution in [0.3, 0.4) is 0 Å². The number of ether oxygens (including phenoxy) is 1. The van der Waals surface area contributed by atoms with Crippen molar-refractivity contribution >= 4 is 15.9 Å². The Morgan fingerprint density at radius 1 is 1.21 bits per heavy atom. The highest BCUT2D eigenvalue weighted by Crippen LogP contribution is 2.21. The monoisotopic (exact) mass is 324 g/mol. The first-order valence-electron chi connectivity index (χ1n) is 7.14. The number of benzene rings is 1. The fraction of sp³-hybridized carbons (Fsp3) is 0.600. The summed E-state index contributed by atoms with van der Waals surface area (Å²) in [6.07, 6.45) is 2.77. The molecule has 1 aromatic carbocycles. The molecule has 0 spiro atoms. The smallest absolute Gasteiger partial charge is 0.119 e. The minimum Gasteiger partial charge on any atom is -0.492 e. The van der Waals surface area contributed by atoms with Gasteiger partial charge in [-0.15, -0.1) is 0 Å². The molecule has 1 N–H and O–H groups in total. The van der Waals surface area contributed by atoms with E-state index in [2.05, 4.69) is 26.1 Å². The number of likely N-dealkylation sites (tertiary alicyclic amines) is 1. The molecule has 0 amide bonds. The van der Waals surface area contributed by atoms with Crippen LogP contribution >= 0.6 is 15.9 Å². The highest BCUT2D eigenvalue weighted by Gasteiger charge is 2.28. The Hall–Kier alpha value is -0.580. The number of nitrogens with zero attached hydrogens (tertiary/aromatic N) is 1. The maximum absolute atomic E-state index is 5.73. The van der Waals surface area contributed by atoms with Crippen LogP contribution in [0.4, 0.5) is 0 Å². The summed E-state index contributed by atoms with van der Waals surface area (Å²) in [6, 6.07) is 8.87. The fourth-order valence-electron chi connectivity index (χ4n) is 2.43. The summed E-state index contributed by atoms with van der Waals surface area (Å²) in [7, 11) is 0. The van der Waals surface area contributed by atoms with Gasteiger partial charge in [-0.25, -0.2) is 0 Å². The minimum atomic E-state index is 0.782. The fourth-order valence-corrected chi connectivity index (χ4v) is 2.70. The summed E-state index contributed by atoms with van der Waals surface area (Å²) < 4.78 is 6.82. The second-order valence-corrected chi connectivity index (χ2v) is 6.53. The Kier molecular flexibility index (Phi) is 4.41. The van der Waals surface area contributed by atoms with Crippen molar-refractivity contribution < 1.29 is 4.74 Å². The summed E-state index contributed by atoms with van der Waals surface area (Å²) in [6.45, 7) is 5.47. The lowest BCUT2D eigenvalue weighted by Gasteiger charge is -2.39. The van der Waals surface area contributed by atoms with Crippen LogP contribution in [0, 0.1) is 5.92 Å². The number of hydrogen-bond acceptors (Lipinski definition) is 3. The molecular formula is C15H21BrN2O. The van der Waals surface area contributed by atoms with Crippen LogP contribution < -0.4 is 10.1 Å². The molecule has 2 aliphatic rings. The summed E-state index contributed by atoms with van der Waals surface area (Å²) >= 11 is 3.42. The highest BCUT2D eigenvalue weighted by atomic mass is 79.9. The summed E-state index contributed by atoms with van der Waals surface area (Å²) in [5, 5.41) is 3.60. The molecule has 3 nitrogen and oxygen atoms in total. The van der Waals surface area contributed by atoms with Crippen LogP contribution in [-0.2, 0) is 0 Å². The first kappa shape index (κ1) is 13.4. The zero-order valence-corrected chi connectivity index (χ0v) is 12.7. The van der Waals surface area contributed by atoms with E-state index in [0.29, 0.717) is 0 Å². The molecule has 19 heavy (non-hydrogen) atoms. The standard InChI is InChI=1S/C15H21BrN2O/c16-13-1-5-15(6-2-13)19-8-7-18-10-12(11-18)9-17-14-3-4-14/h1-2,5-6,12,14,17H,3-4,7-11H2. The van der Waals surface area contributed by atoms with Gasteiger partial charge in [-0.1, -0.05) is 15.9 Å². The molecule has 1 heterocycles. The second-order valence-electron chi connectivity index (χ2n) is 5.61. The van der Waals surface area contributed by atoms with E-state index in [-0.39, 0.29) is 0 Å². The third-order valence-electron chi connectivity index (χ3n) is 3.80. The first-order chi connectivity index (χ1) is 9.29. The molecule has 0 unspecified atom stereocenters. The maximum atomic E-state index is 5.73. The van der Waals surface area contributed by atoms with E-state index < -0.39 is 0 Å². The van der Waals surface area contributed by atoms with Crippen molar-refractivity contribution in [2.24, 2.45) is 5.92 Å². The van der Waals surface area contributed by atoms with Gasteiger partial charge in [0.25, 0.3) is 0 Å². The Morgan fingerprint density at radius 2 is 1.95 bits per heavy atom. The second kappa shape index (κ2) is 6.25. The molecule has 1 aromatic rings. The molecule has 4 heteroatoms. The summed E-state index contributed by atoms with van der Waals surface area (Å²) in [5.41, 5.74) is 0. The molecule has 0 bridgehead atoms. The Balaban J connectivity index is 1.26. The molecule has 0 atom stereocenters. The summed E-state index contributed by atoms with van der Waals surface area (Å²) in [4.78, 5) is 2.47. The Labute approximate surface area is 123 Å². The number of hydrogen-bond donors (Lipinski definition) is 1. The molecular weight excluding hydrogens is 304 g/mol. The molecule has 3 rings (SSSR count). The first-order valence-corrected chi connectivity index (χ1v) is 7.93. The predicted octanol–water partition coefficient (Wildman–Crippen LogP) is 2.51. The largest absolute Gasteiger partial charge is 0.492 e. The topological polar surface area (TPSA) is 24.5 Å². The average molecular weight is 325 g/mol. The molecule has 104 valence electrons. The van der Waals surface area contributed by atoms with Gasteiger partial charge in [0, 0.05) is 36.7 Å². The number of halogens is 1. The lowest BCUT2D eigenvalue weighted by molar-refractivity contribution is 0.0821. The van der Waals surface area contributed by atoms with Crippen molar-refractivity contribution in [3.63, 3.8) is 0 Å². The van der Waals surface area contributed by atoms with E-state index in [1.807, 2.05) is 24.3 Å². The molecule has 1 saturated heterocycles. The molecule has 1 aliphatic carbocycles. The van der Waals surface area contributed by atoms with Crippen LogP contribution in [0.2, 0.25) is 0 Å². The maximum Gasteiger partial charge on any atom is 0.119 e. The van der Waals surface area contributed by atoms with E-state index in [0.717, 1.165) is 35.3 Å². The Morgan fingerprint density at radius 3 is 2.63 bits per heavy atom. The zero-order chi connectivity index (χ0) is 13.1. The van der Waals surface area contributed by atoms with E-state index >= 15 is 0 Å². The minimum absolute atomic E-state index is 0.782. The number of rotatable bonds is 7. The van der Waals surface area contributed by atoms with Gasteiger partial charge < -0.3 is 10.1 Å². The van der Waals surface area contributed by atoms with Gasteiger partial charge in [-0.05, 0) is 43.0 Å². The van der Waals surface area contributed by atoms with E-state index in [1.54, 1.807) is 0 Å². The molecule has 2 fully saturated rings. The third kappa shape index (κ3) is 4.20. The zero-order valence-electron chi connectivity index (χ0n) is 11.1. The number of nitrogens with one attached hydrogen (secondary N) is 1. The van der Waals surface area contributed by atoms with Gasteiger partial charge in [-0.3, -0.25) is 4.90 Å². The van der Waals surface area contributed by atoms with Crippen LogP contribution in [0.15, 0.2) is 28.7 Å². The van der Waals surface area contributed by atoms with Crippen LogP contribution in [0.1, 0.15) is 12.8 Å².